The zero-order valence-electron chi connectivity index (χ0n) is 17.0. The monoisotopic (exact) mass is 386 g/mol. The van der Waals surface area contributed by atoms with Gasteiger partial charge in [0.15, 0.2) is 5.82 Å². The van der Waals surface area contributed by atoms with E-state index in [0.29, 0.717) is 19.0 Å². The van der Waals surface area contributed by atoms with Gasteiger partial charge in [0.25, 0.3) is 5.91 Å². The van der Waals surface area contributed by atoms with E-state index in [1.807, 2.05) is 53.4 Å². The van der Waals surface area contributed by atoms with Gasteiger partial charge in [-0.3, -0.25) is 4.79 Å². The first kappa shape index (κ1) is 19.1. The Morgan fingerprint density at radius 3 is 2.24 bits per heavy atom. The van der Waals surface area contributed by atoms with Crippen molar-refractivity contribution in [3.63, 3.8) is 0 Å². The molecule has 1 aliphatic rings. The fourth-order valence-corrected chi connectivity index (χ4v) is 3.58. The molecule has 1 amide bonds. The standard InChI is InChI=1S/C24H26N4O/c1-18(2)19-8-10-21(11-9-19)24(29)28-16-14-27(15-17-28)22-12-13-25-23(26-22)20-6-4-3-5-7-20/h3-13,18H,14-17H2,1-2H3. The Morgan fingerprint density at radius 1 is 0.897 bits per heavy atom. The van der Waals surface area contributed by atoms with Crippen LogP contribution < -0.4 is 4.90 Å². The molecule has 5 heteroatoms. The lowest BCUT2D eigenvalue weighted by Gasteiger charge is -2.35. The smallest absolute Gasteiger partial charge is 0.253 e. The molecule has 1 fully saturated rings. The van der Waals surface area contributed by atoms with Crippen LogP contribution in [0.15, 0.2) is 66.9 Å². The number of anilines is 1. The molecule has 0 spiro atoms. The van der Waals surface area contributed by atoms with Crippen LogP contribution in [0.25, 0.3) is 11.4 Å². The first-order valence-corrected chi connectivity index (χ1v) is 10.1. The first-order chi connectivity index (χ1) is 14.1. The van der Waals surface area contributed by atoms with Crippen LogP contribution in [0.2, 0.25) is 0 Å². The van der Waals surface area contributed by atoms with E-state index >= 15 is 0 Å². The largest absolute Gasteiger partial charge is 0.353 e. The fraction of sp³-hybridized carbons (Fsp3) is 0.292. The molecule has 0 atom stereocenters. The minimum Gasteiger partial charge on any atom is -0.353 e. The van der Waals surface area contributed by atoms with Crippen molar-refractivity contribution >= 4 is 11.7 Å². The summed E-state index contributed by atoms with van der Waals surface area (Å²) in [5.41, 5.74) is 3.02. The number of piperazine rings is 1. The van der Waals surface area contributed by atoms with Crippen molar-refractivity contribution in [2.75, 3.05) is 31.1 Å². The summed E-state index contributed by atoms with van der Waals surface area (Å²) < 4.78 is 0. The molecule has 1 aromatic heterocycles. The molecule has 148 valence electrons. The van der Waals surface area contributed by atoms with Crippen LogP contribution in [0, 0.1) is 0 Å². The number of hydrogen-bond acceptors (Lipinski definition) is 4. The van der Waals surface area contributed by atoms with E-state index in [-0.39, 0.29) is 5.91 Å². The van der Waals surface area contributed by atoms with E-state index in [1.165, 1.54) is 5.56 Å². The maximum Gasteiger partial charge on any atom is 0.253 e. The van der Waals surface area contributed by atoms with Gasteiger partial charge in [0.05, 0.1) is 0 Å². The third-order valence-corrected chi connectivity index (χ3v) is 5.39. The molecule has 0 bridgehead atoms. The maximum atomic E-state index is 12.8. The molecule has 0 radical (unpaired) electrons. The third kappa shape index (κ3) is 4.29. The van der Waals surface area contributed by atoms with Crippen molar-refractivity contribution in [3.8, 4) is 11.4 Å². The lowest BCUT2D eigenvalue weighted by Crippen LogP contribution is -2.49. The number of hydrogen-bond donors (Lipinski definition) is 0. The summed E-state index contributed by atoms with van der Waals surface area (Å²) >= 11 is 0. The van der Waals surface area contributed by atoms with Gasteiger partial charge in [0, 0.05) is 43.5 Å². The molecule has 1 aliphatic heterocycles. The minimum atomic E-state index is 0.104. The van der Waals surface area contributed by atoms with Crippen LogP contribution in [0.4, 0.5) is 5.82 Å². The summed E-state index contributed by atoms with van der Waals surface area (Å²) in [5, 5.41) is 0. The number of benzene rings is 2. The van der Waals surface area contributed by atoms with Gasteiger partial charge >= 0.3 is 0 Å². The minimum absolute atomic E-state index is 0.104. The maximum absolute atomic E-state index is 12.8. The van der Waals surface area contributed by atoms with Crippen LogP contribution in [0.3, 0.4) is 0 Å². The van der Waals surface area contributed by atoms with Crippen LogP contribution in [-0.2, 0) is 0 Å². The number of amides is 1. The van der Waals surface area contributed by atoms with Crippen molar-refractivity contribution in [3.05, 3.63) is 78.0 Å². The summed E-state index contributed by atoms with van der Waals surface area (Å²) in [4.78, 5) is 26.1. The van der Waals surface area contributed by atoms with Gasteiger partial charge in [-0.05, 0) is 29.7 Å². The molecule has 0 unspecified atom stereocenters. The van der Waals surface area contributed by atoms with Crippen LogP contribution in [-0.4, -0.2) is 47.0 Å². The van der Waals surface area contributed by atoms with Crippen molar-refractivity contribution in [1.29, 1.82) is 0 Å². The number of carbonyl (C=O) groups is 1. The highest BCUT2D eigenvalue weighted by Crippen LogP contribution is 2.20. The Balaban J connectivity index is 1.41. The van der Waals surface area contributed by atoms with Gasteiger partial charge in [-0.15, -0.1) is 0 Å². The van der Waals surface area contributed by atoms with E-state index in [9.17, 15) is 4.79 Å². The number of nitrogens with zero attached hydrogens (tertiary/aromatic N) is 4. The summed E-state index contributed by atoms with van der Waals surface area (Å²) in [6.07, 6.45) is 1.80. The zero-order chi connectivity index (χ0) is 20.2. The fourth-order valence-electron chi connectivity index (χ4n) is 3.58. The average Bonchev–Trinajstić information content (AvgIpc) is 2.79. The van der Waals surface area contributed by atoms with E-state index in [2.05, 4.69) is 35.9 Å². The SMILES string of the molecule is CC(C)c1ccc(C(=O)N2CCN(c3ccnc(-c4ccccc4)n3)CC2)cc1. The van der Waals surface area contributed by atoms with Crippen molar-refractivity contribution in [2.45, 2.75) is 19.8 Å². The molecule has 4 rings (SSSR count). The highest BCUT2D eigenvalue weighted by molar-refractivity contribution is 5.94. The summed E-state index contributed by atoms with van der Waals surface area (Å²) in [6, 6.07) is 19.9. The number of aromatic nitrogens is 2. The first-order valence-electron chi connectivity index (χ1n) is 10.1. The normalized spacial score (nSPS) is 14.3. The van der Waals surface area contributed by atoms with Crippen molar-refractivity contribution in [2.24, 2.45) is 0 Å². The quantitative estimate of drug-likeness (QED) is 0.673. The van der Waals surface area contributed by atoms with Gasteiger partial charge < -0.3 is 9.80 Å². The van der Waals surface area contributed by atoms with E-state index in [4.69, 9.17) is 4.98 Å². The Bertz CT molecular complexity index is 962. The van der Waals surface area contributed by atoms with Crippen LogP contribution >= 0.6 is 0 Å². The molecular formula is C24H26N4O. The second kappa shape index (κ2) is 8.43. The predicted molar refractivity (Wildman–Crippen MR) is 116 cm³/mol. The molecule has 2 aromatic carbocycles. The van der Waals surface area contributed by atoms with Crippen molar-refractivity contribution < 1.29 is 4.79 Å². The van der Waals surface area contributed by atoms with Crippen LogP contribution in [0.5, 0.6) is 0 Å². The second-order valence-corrected chi connectivity index (χ2v) is 7.66. The molecule has 0 aliphatic carbocycles. The van der Waals surface area contributed by atoms with E-state index < -0.39 is 0 Å². The summed E-state index contributed by atoms with van der Waals surface area (Å²) in [6.45, 7) is 7.23. The zero-order valence-corrected chi connectivity index (χ0v) is 17.0. The lowest BCUT2D eigenvalue weighted by molar-refractivity contribution is 0.0746. The summed E-state index contributed by atoms with van der Waals surface area (Å²) in [5.74, 6) is 2.21. The number of rotatable bonds is 4. The lowest BCUT2D eigenvalue weighted by atomic mass is 10.0. The molecular weight excluding hydrogens is 360 g/mol. The molecule has 0 N–H and O–H groups in total. The second-order valence-electron chi connectivity index (χ2n) is 7.66. The third-order valence-electron chi connectivity index (χ3n) is 5.39. The molecule has 0 saturated carbocycles. The summed E-state index contributed by atoms with van der Waals surface area (Å²) in [7, 11) is 0. The average molecular weight is 386 g/mol. The Kier molecular flexibility index (Phi) is 5.56. The van der Waals surface area contributed by atoms with Gasteiger partial charge in [-0.25, -0.2) is 9.97 Å². The highest BCUT2D eigenvalue weighted by atomic mass is 16.2. The molecule has 3 aromatic rings. The topological polar surface area (TPSA) is 49.3 Å². The van der Waals surface area contributed by atoms with Gasteiger partial charge in [0.2, 0.25) is 0 Å². The van der Waals surface area contributed by atoms with E-state index in [1.54, 1.807) is 6.20 Å². The van der Waals surface area contributed by atoms with Gasteiger partial charge in [-0.2, -0.15) is 0 Å². The molecule has 5 nitrogen and oxygen atoms in total. The Labute approximate surface area is 172 Å². The van der Waals surface area contributed by atoms with Crippen molar-refractivity contribution in [1.82, 2.24) is 14.9 Å². The Morgan fingerprint density at radius 2 is 1.59 bits per heavy atom. The molecule has 29 heavy (non-hydrogen) atoms. The Hall–Kier alpha value is -3.21. The van der Waals surface area contributed by atoms with E-state index in [0.717, 1.165) is 35.9 Å². The number of carbonyl (C=O) groups excluding carboxylic acids is 1. The van der Waals surface area contributed by atoms with Gasteiger partial charge in [-0.1, -0.05) is 56.3 Å². The predicted octanol–water partition coefficient (Wildman–Crippen LogP) is 4.23. The highest BCUT2D eigenvalue weighted by Gasteiger charge is 2.23. The molecule has 2 heterocycles. The van der Waals surface area contributed by atoms with Crippen LogP contribution in [0.1, 0.15) is 35.7 Å². The van der Waals surface area contributed by atoms with Gasteiger partial charge in [0.1, 0.15) is 5.82 Å². The molecule has 1 saturated heterocycles.